The van der Waals surface area contributed by atoms with Crippen LogP contribution in [0, 0.1) is 16.0 Å². The van der Waals surface area contributed by atoms with E-state index in [1.54, 1.807) is 0 Å². The predicted molar refractivity (Wildman–Crippen MR) is 75.0 cm³/mol. The third kappa shape index (κ3) is 3.33. The van der Waals surface area contributed by atoms with Crippen LogP contribution in [-0.2, 0) is 0 Å². The van der Waals surface area contributed by atoms with Crippen LogP contribution in [0.15, 0.2) is 12.1 Å². The lowest BCUT2D eigenvalue weighted by molar-refractivity contribution is -0.384. The summed E-state index contributed by atoms with van der Waals surface area (Å²) in [6.07, 6.45) is 6.11. The third-order valence-corrected chi connectivity index (χ3v) is 3.81. The van der Waals surface area contributed by atoms with Gasteiger partial charge in [0.05, 0.1) is 4.92 Å². The average molecular weight is 264 g/mol. The maximum atomic E-state index is 11.0. The summed E-state index contributed by atoms with van der Waals surface area (Å²) >= 11 is 0. The Morgan fingerprint density at radius 1 is 1.42 bits per heavy atom. The summed E-state index contributed by atoms with van der Waals surface area (Å²) in [5.41, 5.74) is 5.59. The Kier molecular flexibility index (Phi) is 4.19. The molecule has 1 aromatic rings. The van der Waals surface area contributed by atoms with Crippen molar-refractivity contribution in [2.24, 2.45) is 5.92 Å². The molecule has 0 radical (unpaired) electrons. The van der Waals surface area contributed by atoms with Crippen LogP contribution < -0.4 is 11.1 Å². The Bertz CT molecular complexity index is 458. The van der Waals surface area contributed by atoms with Gasteiger partial charge < -0.3 is 11.1 Å². The molecule has 0 saturated heterocycles. The van der Waals surface area contributed by atoms with Crippen molar-refractivity contribution in [2.45, 2.75) is 45.1 Å². The van der Waals surface area contributed by atoms with Crippen molar-refractivity contribution in [3.05, 3.63) is 22.2 Å². The normalized spacial score (nSPS) is 17.9. The number of aromatic nitrogens is 1. The first-order valence-corrected chi connectivity index (χ1v) is 6.75. The second-order valence-corrected chi connectivity index (χ2v) is 5.19. The van der Waals surface area contributed by atoms with Gasteiger partial charge in [-0.2, -0.15) is 0 Å². The molecule has 6 nitrogen and oxygen atoms in total. The molecule has 1 saturated carbocycles. The van der Waals surface area contributed by atoms with Crippen LogP contribution in [0.1, 0.15) is 39.0 Å². The quantitative estimate of drug-likeness (QED) is 0.644. The molecule has 3 N–H and O–H groups in total. The van der Waals surface area contributed by atoms with Gasteiger partial charge in [-0.1, -0.05) is 19.3 Å². The van der Waals surface area contributed by atoms with Crippen LogP contribution in [0.25, 0.3) is 0 Å². The van der Waals surface area contributed by atoms with Crippen molar-refractivity contribution in [1.82, 2.24) is 4.98 Å². The number of hydrogen-bond acceptors (Lipinski definition) is 5. The molecule has 6 heteroatoms. The number of nitrogens with zero attached hydrogens (tertiary/aromatic N) is 2. The second kappa shape index (κ2) is 5.86. The standard InChI is InChI=1S/C13H20N4O2/c1-9(10-5-3-2-4-6-10)15-13-11(17(18)19)7-8-12(14)16-13/h7-10H,2-6H2,1H3,(H3,14,15,16). The van der Waals surface area contributed by atoms with Crippen LogP contribution in [-0.4, -0.2) is 15.9 Å². The van der Waals surface area contributed by atoms with E-state index in [9.17, 15) is 10.1 Å². The average Bonchev–Trinajstić information content (AvgIpc) is 2.39. The number of pyridine rings is 1. The van der Waals surface area contributed by atoms with Crippen LogP contribution in [0.3, 0.4) is 0 Å². The molecule has 0 aliphatic heterocycles. The van der Waals surface area contributed by atoms with E-state index in [-0.39, 0.29) is 17.5 Å². The Balaban J connectivity index is 2.12. The smallest absolute Gasteiger partial charge is 0.311 e. The fraction of sp³-hybridized carbons (Fsp3) is 0.615. The number of anilines is 2. The Morgan fingerprint density at radius 3 is 2.74 bits per heavy atom. The van der Waals surface area contributed by atoms with Crippen molar-refractivity contribution in [1.29, 1.82) is 0 Å². The first-order chi connectivity index (χ1) is 9.08. The Labute approximate surface area is 112 Å². The molecule has 0 aromatic carbocycles. The molecule has 0 spiro atoms. The lowest BCUT2D eigenvalue weighted by atomic mass is 9.84. The number of hydrogen-bond donors (Lipinski definition) is 2. The molecule has 1 heterocycles. The van der Waals surface area contributed by atoms with E-state index in [4.69, 9.17) is 5.73 Å². The minimum Gasteiger partial charge on any atom is -0.384 e. The summed E-state index contributed by atoms with van der Waals surface area (Å²) in [4.78, 5) is 14.6. The zero-order chi connectivity index (χ0) is 13.8. The molecule has 0 amide bonds. The molecule has 1 unspecified atom stereocenters. The molecule has 1 fully saturated rings. The molecule has 104 valence electrons. The third-order valence-electron chi connectivity index (χ3n) is 3.81. The number of nitrogens with two attached hydrogens (primary N) is 1. The number of rotatable bonds is 4. The van der Waals surface area contributed by atoms with E-state index in [0.717, 1.165) is 0 Å². The molecule has 2 rings (SSSR count). The molecular formula is C13H20N4O2. The fourth-order valence-electron chi connectivity index (χ4n) is 2.69. The molecule has 1 aliphatic carbocycles. The van der Waals surface area contributed by atoms with Gasteiger partial charge in [0.15, 0.2) is 0 Å². The van der Waals surface area contributed by atoms with Gasteiger partial charge in [-0.25, -0.2) is 4.98 Å². The van der Waals surface area contributed by atoms with Crippen molar-refractivity contribution in [3.8, 4) is 0 Å². The monoisotopic (exact) mass is 264 g/mol. The van der Waals surface area contributed by atoms with E-state index < -0.39 is 4.92 Å². The highest BCUT2D eigenvalue weighted by molar-refractivity contribution is 5.59. The fourth-order valence-corrected chi connectivity index (χ4v) is 2.69. The van der Waals surface area contributed by atoms with Crippen molar-refractivity contribution in [2.75, 3.05) is 11.1 Å². The molecular weight excluding hydrogens is 244 g/mol. The SMILES string of the molecule is CC(Nc1nc(N)ccc1[N+](=O)[O-])C1CCCCC1. The molecule has 1 aliphatic rings. The van der Waals surface area contributed by atoms with Gasteiger partial charge in [-0.15, -0.1) is 0 Å². The Morgan fingerprint density at radius 2 is 2.11 bits per heavy atom. The zero-order valence-corrected chi connectivity index (χ0v) is 11.1. The number of nitro groups is 1. The minimum absolute atomic E-state index is 0.0168. The maximum absolute atomic E-state index is 11.0. The summed E-state index contributed by atoms with van der Waals surface area (Å²) in [5, 5.41) is 14.1. The number of nitrogens with one attached hydrogen (secondary N) is 1. The lowest BCUT2D eigenvalue weighted by Gasteiger charge is -2.28. The summed E-state index contributed by atoms with van der Waals surface area (Å²) in [6.45, 7) is 2.06. The summed E-state index contributed by atoms with van der Waals surface area (Å²) < 4.78 is 0. The van der Waals surface area contributed by atoms with Gasteiger partial charge in [0.25, 0.3) is 0 Å². The van der Waals surface area contributed by atoms with E-state index >= 15 is 0 Å². The van der Waals surface area contributed by atoms with Crippen molar-refractivity contribution in [3.63, 3.8) is 0 Å². The van der Waals surface area contributed by atoms with Crippen LogP contribution in [0.4, 0.5) is 17.3 Å². The second-order valence-electron chi connectivity index (χ2n) is 5.19. The number of nitrogen functional groups attached to an aromatic ring is 1. The van der Waals surface area contributed by atoms with Gasteiger partial charge in [0, 0.05) is 12.1 Å². The van der Waals surface area contributed by atoms with Crippen LogP contribution in [0.2, 0.25) is 0 Å². The molecule has 19 heavy (non-hydrogen) atoms. The highest BCUT2D eigenvalue weighted by Gasteiger charge is 2.23. The van der Waals surface area contributed by atoms with E-state index in [1.165, 1.54) is 44.2 Å². The van der Waals surface area contributed by atoms with E-state index in [0.29, 0.717) is 11.7 Å². The van der Waals surface area contributed by atoms with Crippen LogP contribution in [0.5, 0.6) is 0 Å². The Hall–Kier alpha value is -1.85. The summed E-state index contributed by atoms with van der Waals surface area (Å²) in [7, 11) is 0. The van der Waals surface area contributed by atoms with Gasteiger partial charge in [0.2, 0.25) is 5.82 Å². The first kappa shape index (κ1) is 13.6. The van der Waals surface area contributed by atoms with Gasteiger partial charge >= 0.3 is 5.69 Å². The highest BCUT2D eigenvalue weighted by Crippen LogP contribution is 2.30. The van der Waals surface area contributed by atoms with Gasteiger partial charge in [0.1, 0.15) is 5.82 Å². The topological polar surface area (TPSA) is 94.1 Å². The molecule has 1 atom stereocenters. The minimum atomic E-state index is -0.428. The highest BCUT2D eigenvalue weighted by atomic mass is 16.6. The summed E-state index contributed by atoms with van der Waals surface area (Å²) in [5.74, 6) is 1.13. The van der Waals surface area contributed by atoms with Crippen LogP contribution >= 0.6 is 0 Å². The zero-order valence-electron chi connectivity index (χ0n) is 11.1. The largest absolute Gasteiger partial charge is 0.384 e. The van der Waals surface area contributed by atoms with Gasteiger partial charge in [-0.3, -0.25) is 10.1 Å². The summed E-state index contributed by atoms with van der Waals surface area (Å²) in [6, 6.07) is 3.03. The van der Waals surface area contributed by atoms with E-state index in [2.05, 4.69) is 17.2 Å². The maximum Gasteiger partial charge on any atom is 0.311 e. The van der Waals surface area contributed by atoms with Gasteiger partial charge in [-0.05, 0) is 31.7 Å². The lowest BCUT2D eigenvalue weighted by Crippen LogP contribution is -2.28. The first-order valence-electron chi connectivity index (χ1n) is 6.75. The van der Waals surface area contributed by atoms with Crippen molar-refractivity contribution < 1.29 is 4.92 Å². The molecule has 1 aromatic heterocycles. The van der Waals surface area contributed by atoms with Crippen molar-refractivity contribution >= 4 is 17.3 Å². The molecule has 0 bridgehead atoms. The van der Waals surface area contributed by atoms with E-state index in [1.807, 2.05) is 0 Å². The predicted octanol–water partition coefficient (Wildman–Crippen LogP) is 2.95.